The molecule has 1 saturated carbocycles. The van der Waals surface area contributed by atoms with Crippen molar-refractivity contribution in [2.75, 3.05) is 6.61 Å². The highest BCUT2D eigenvalue weighted by Gasteiger charge is 2.58. The summed E-state index contributed by atoms with van der Waals surface area (Å²) in [6, 6.07) is 0. The van der Waals surface area contributed by atoms with E-state index in [1.807, 2.05) is 0 Å². The van der Waals surface area contributed by atoms with E-state index in [4.69, 9.17) is 14.2 Å². The van der Waals surface area contributed by atoms with Gasteiger partial charge in [0.15, 0.2) is 5.79 Å². The molecule has 6 nitrogen and oxygen atoms in total. The molecule has 0 aromatic heterocycles. The summed E-state index contributed by atoms with van der Waals surface area (Å²) in [5, 5.41) is 29.9. The number of hydrogen-bond acceptors (Lipinski definition) is 6. The second kappa shape index (κ2) is 6.55. The molecule has 3 aliphatic rings. The van der Waals surface area contributed by atoms with E-state index in [0.717, 1.165) is 32.1 Å². The summed E-state index contributed by atoms with van der Waals surface area (Å²) < 4.78 is 18.1. The van der Waals surface area contributed by atoms with Gasteiger partial charge in [0.05, 0.1) is 12.7 Å². The van der Waals surface area contributed by atoms with Crippen molar-refractivity contribution in [1.29, 1.82) is 0 Å². The highest BCUT2D eigenvalue weighted by Crippen LogP contribution is 2.45. The maximum absolute atomic E-state index is 10.5. The fourth-order valence-electron chi connectivity index (χ4n) is 3.85. The summed E-state index contributed by atoms with van der Waals surface area (Å²) >= 11 is 0. The highest BCUT2D eigenvalue weighted by atomic mass is 16.8. The summed E-state index contributed by atoms with van der Waals surface area (Å²) in [7, 11) is 0. The third-order valence-corrected chi connectivity index (χ3v) is 4.98. The highest BCUT2D eigenvalue weighted by molar-refractivity contribution is 5.03. The van der Waals surface area contributed by atoms with Gasteiger partial charge in [0.1, 0.15) is 30.5 Å². The molecule has 0 amide bonds. The molecule has 22 heavy (non-hydrogen) atoms. The summed E-state index contributed by atoms with van der Waals surface area (Å²) in [5.74, 6) is -0.672. The quantitative estimate of drug-likeness (QED) is 0.655. The lowest BCUT2D eigenvalue weighted by atomic mass is 9.91. The Bertz CT molecular complexity index is 394. The van der Waals surface area contributed by atoms with E-state index in [-0.39, 0.29) is 0 Å². The first-order valence-corrected chi connectivity index (χ1v) is 8.19. The van der Waals surface area contributed by atoms with E-state index in [2.05, 4.69) is 6.58 Å². The van der Waals surface area contributed by atoms with Crippen LogP contribution in [0.5, 0.6) is 0 Å². The molecule has 0 radical (unpaired) electrons. The summed E-state index contributed by atoms with van der Waals surface area (Å²) in [5.41, 5.74) is 0. The van der Waals surface area contributed by atoms with Crippen LogP contribution in [0, 0.1) is 0 Å². The van der Waals surface area contributed by atoms with Crippen molar-refractivity contribution in [2.45, 2.75) is 80.9 Å². The van der Waals surface area contributed by atoms with Crippen molar-refractivity contribution in [2.24, 2.45) is 0 Å². The number of aliphatic hydroxyl groups excluding tert-OH is 3. The van der Waals surface area contributed by atoms with Gasteiger partial charge in [0.25, 0.3) is 0 Å². The smallest absolute Gasteiger partial charge is 0.169 e. The molecule has 6 atom stereocenters. The minimum Gasteiger partial charge on any atom is -0.394 e. The van der Waals surface area contributed by atoms with E-state index < -0.39 is 49.0 Å². The summed E-state index contributed by atoms with van der Waals surface area (Å²) in [6.45, 7) is 3.26. The largest absolute Gasteiger partial charge is 0.394 e. The fraction of sp³-hybridized carbons (Fsp3) is 0.875. The average Bonchev–Trinajstić information content (AvgIpc) is 2.89. The first kappa shape index (κ1) is 16.4. The number of hydrogen-bond donors (Lipinski definition) is 3. The SMILES string of the molecule is C=CC[C@@H]1O[C@@H]([C@H](O)CO)[C@H]2OC3(CCCCC3)O[C@H]2[C@H]1O. The van der Waals surface area contributed by atoms with Crippen LogP contribution in [0.4, 0.5) is 0 Å². The Balaban J connectivity index is 1.82. The summed E-state index contributed by atoms with van der Waals surface area (Å²) in [6.07, 6.45) is 2.72. The molecule has 6 heteroatoms. The minimum atomic E-state index is -1.06. The van der Waals surface area contributed by atoms with Crippen LogP contribution in [0.15, 0.2) is 12.7 Å². The molecule has 1 spiro atoms. The van der Waals surface area contributed by atoms with E-state index in [1.54, 1.807) is 6.08 Å². The van der Waals surface area contributed by atoms with Crippen LogP contribution < -0.4 is 0 Å². The molecular weight excluding hydrogens is 288 g/mol. The molecule has 0 aromatic carbocycles. The first-order chi connectivity index (χ1) is 10.6. The van der Waals surface area contributed by atoms with Crippen LogP contribution in [-0.2, 0) is 14.2 Å². The Morgan fingerprint density at radius 3 is 2.50 bits per heavy atom. The van der Waals surface area contributed by atoms with Crippen molar-refractivity contribution in [1.82, 2.24) is 0 Å². The maximum Gasteiger partial charge on any atom is 0.169 e. The lowest BCUT2D eigenvalue weighted by molar-refractivity contribution is -0.217. The van der Waals surface area contributed by atoms with Crippen LogP contribution in [0.1, 0.15) is 38.5 Å². The van der Waals surface area contributed by atoms with Gasteiger partial charge in [-0.15, -0.1) is 6.58 Å². The van der Waals surface area contributed by atoms with Crippen LogP contribution in [0.25, 0.3) is 0 Å². The molecule has 3 N–H and O–H groups in total. The van der Waals surface area contributed by atoms with Gasteiger partial charge in [-0.2, -0.15) is 0 Å². The zero-order valence-electron chi connectivity index (χ0n) is 12.8. The second-order valence-corrected chi connectivity index (χ2v) is 6.54. The molecule has 2 aliphatic heterocycles. The second-order valence-electron chi connectivity index (χ2n) is 6.54. The van der Waals surface area contributed by atoms with E-state index in [1.165, 1.54) is 0 Å². The normalized spacial score (nSPS) is 42.0. The number of aliphatic hydroxyl groups is 3. The summed E-state index contributed by atoms with van der Waals surface area (Å²) in [4.78, 5) is 0. The van der Waals surface area contributed by atoms with Crippen LogP contribution >= 0.6 is 0 Å². The lowest BCUT2D eigenvalue weighted by Gasteiger charge is -2.41. The fourth-order valence-corrected chi connectivity index (χ4v) is 3.85. The van der Waals surface area contributed by atoms with Gasteiger partial charge >= 0.3 is 0 Å². The van der Waals surface area contributed by atoms with Gasteiger partial charge < -0.3 is 29.5 Å². The Morgan fingerprint density at radius 1 is 1.18 bits per heavy atom. The van der Waals surface area contributed by atoms with Gasteiger partial charge in [0.2, 0.25) is 0 Å². The monoisotopic (exact) mass is 314 g/mol. The van der Waals surface area contributed by atoms with Gasteiger partial charge in [0, 0.05) is 12.8 Å². The van der Waals surface area contributed by atoms with E-state index in [0.29, 0.717) is 6.42 Å². The number of rotatable bonds is 4. The Hall–Kier alpha value is -0.500. The zero-order valence-corrected chi connectivity index (χ0v) is 12.8. The molecular formula is C16H26O6. The maximum atomic E-state index is 10.5. The Kier molecular flexibility index (Phi) is 4.87. The van der Waals surface area contributed by atoms with Gasteiger partial charge in [-0.25, -0.2) is 0 Å². The Morgan fingerprint density at radius 2 is 1.86 bits per heavy atom. The van der Waals surface area contributed by atoms with Gasteiger partial charge in [-0.1, -0.05) is 12.5 Å². The van der Waals surface area contributed by atoms with Crippen molar-refractivity contribution in [3.8, 4) is 0 Å². The molecule has 1 aliphatic carbocycles. The zero-order chi connectivity index (χ0) is 15.7. The molecule has 3 rings (SSSR count). The van der Waals surface area contributed by atoms with Crippen molar-refractivity contribution < 1.29 is 29.5 Å². The predicted octanol–water partition coefficient (Wildman–Crippen LogP) is 0.488. The number of ether oxygens (including phenoxy) is 3. The van der Waals surface area contributed by atoms with Crippen LogP contribution in [0.2, 0.25) is 0 Å². The topological polar surface area (TPSA) is 88.4 Å². The molecule has 2 saturated heterocycles. The third-order valence-electron chi connectivity index (χ3n) is 4.98. The third kappa shape index (κ3) is 2.84. The lowest BCUT2D eigenvalue weighted by Crippen LogP contribution is -2.59. The van der Waals surface area contributed by atoms with Crippen molar-refractivity contribution >= 4 is 0 Å². The first-order valence-electron chi connectivity index (χ1n) is 8.19. The Labute approximate surface area is 130 Å². The molecule has 3 fully saturated rings. The molecule has 126 valence electrons. The number of fused-ring (bicyclic) bond motifs is 1. The van der Waals surface area contributed by atoms with Gasteiger partial charge in [-0.3, -0.25) is 0 Å². The van der Waals surface area contributed by atoms with E-state index in [9.17, 15) is 15.3 Å². The van der Waals surface area contributed by atoms with Crippen LogP contribution in [-0.4, -0.2) is 64.3 Å². The minimum absolute atomic E-state index is 0.416. The average molecular weight is 314 g/mol. The molecule has 0 aromatic rings. The van der Waals surface area contributed by atoms with Crippen molar-refractivity contribution in [3.63, 3.8) is 0 Å². The predicted molar refractivity (Wildman–Crippen MR) is 78.1 cm³/mol. The van der Waals surface area contributed by atoms with E-state index >= 15 is 0 Å². The molecule has 2 heterocycles. The molecule has 0 bridgehead atoms. The van der Waals surface area contributed by atoms with Gasteiger partial charge in [-0.05, 0) is 19.3 Å². The van der Waals surface area contributed by atoms with Crippen molar-refractivity contribution in [3.05, 3.63) is 12.7 Å². The standard InChI is InChI=1S/C16H26O6/c1-2-6-11-12(19)14-15(13(20-11)10(18)9-17)22-16(21-14)7-4-3-5-8-16/h2,10-15,17-19H,1,3-9H2/t10-,11+,12+,13+,14+,15-/m1/s1. The van der Waals surface area contributed by atoms with Crippen LogP contribution in [0.3, 0.4) is 0 Å². The molecule has 0 unspecified atom stereocenters.